The number of hydrogen-bond donors (Lipinski definition) is 0. The second-order valence-corrected chi connectivity index (χ2v) is 9.48. The molecule has 0 saturated carbocycles. The molecule has 0 aromatic heterocycles. The largest absolute Gasteiger partial charge is 0.496 e. The minimum absolute atomic E-state index is 0.00537. The van der Waals surface area contributed by atoms with Crippen molar-refractivity contribution in [3.63, 3.8) is 0 Å². The number of halogens is 1. The Balaban J connectivity index is 1.51. The number of ether oxygens (including phenoxy) is 2. The van der Waals surface area contributed by atoms with Crippen LogP contribution in [0.4, 0.5) is 4.39 Å². The van der Waals surface area contributed by atoms with E-state index in [0.717, 1.165) is 30.9 Å². The van der Waals surface area contributed by atoms with Crippen LogP contribution in [0.1, 0.15) is 41.6 Å². The lowest BCUT2D eigenvalue weighted by atomic mass is 10.1. The highest BCUT2D eigenvalue weighted by molar-refractivity contribution is 7.89. The van der Waals surface area contributed by atoms with Crippen LogP contribution in [0.25, 0.3) is 0 Å². The zero-order chi connectivity index (χ0) is 23.1. The van der Waals surface area contributed by atoms with Crippen molar-refractivity contribution < 1.29 is 31.9 Å². The molecule has 0 N–H and O–H groups in total. The summed E-state index contributed by atoms with van der Waals surface area (Å²) in [5, 5.41) is 0. The van der Waals surface area contributed by atoms with E-state index in [4.69, 9.17) is 9.47 Å². The zero-order valence-corrected chi connectivity index (χ0v) is 18.7. The normalized spacial score (nSPS) is 14.7. The molecule has 1 saturated heterocycles. The lowest BCUT2D eigenvalue weighted by molar-refractivity contribution is -0.142. The lowest BCUT2D eigenvalue weighted by Gasteiger charge is -2.25. The summed E-state index contributed by atoms with van der Waals surface area (Å²) in [6.07, 6.45) is 3.14. The Morgan fingerprint density at radius 2 is 1.72 bits per heavy atom. The summed E-state index contributed by atoms with van der Waals surface area (Å²) in [6, 6.07) is 9.98. The molecule has 1 heterocycles. The molecule has 32 heavy (non-hydrogen) atoms. The highest BCUT2D eigenvalue weighted by Crippen LogP contribution is 2.22. The van der Waals surface area contributed by atoms with Crippen LogP contribution in [-0.2, 0) is 26.0 Å². The molecule has 1 aliphatic rings. The van der Waals surface area contributed by atoms with Crippen LogP contribution in [0, 0.1) is 5.82 Å². The van der Waals surface area contributed by atoms with Gasteiger partial charge in [-0.25, -0.2) is 12.8 Å². The van der Waals surface area contributed by atoms with Crippen molar-refractivity contribution in [2.24, 2.45) is 0 Å². The van der Waals surface area contributed by atoms with Gasteiger partial charge in [-0.1, -0.05) is 18.6 Å². The first-order valence-electron chi connectivity index (χ1n) is 10.4. The third-order valence-electron chi connectivity index (χ3n) is 5.32. The summed E-state index contributed by atoms with van der Waals surface area (Å²) in [7, 11) is -2.14. The van der Waals surface area contributed by atoms with E-state index in [2.05, 4.69) is 0 Å². The van der Waals surface area contributed by atoms with Crippen molar-refractivity contribution in [3.05, 3.63) is 59.4 Å². The quantitative estimate of drug-likeness (QED) is 0.418. The average molecular weight is 464 g/mol. The van der Waals surface area contributed by atoms with Crippen molar-refractivity contribution in [3.8, 4) is 5.75 Å². The summed E-state index contributed by atoms with van der Waals surface area (Å²) >= 11 is 0. The molecule has 0 radical (unpaired) electrons. The lowest BCUT2D eigenvalue weighted by Crippen LogP contribution is -2.35. The number of carbonyl (C=O) groups is 2. The van der Waals surface area contributed by atoms with Crippen molar-refractivity contribution in [2.45, 2.75) is 37.0 Å². The number of ketones is 1. The smallest absolute Gasteiger partial charge is 0.306 e. The molecule has 2 aromatic carbocycles. The number of sulfonamides is 1. The second kappa shape index (κ2) is 10.7. The maximum atomic E-state index is 13.4. The molecule has 3 rings (SSSR count). The van der Waals surface area contributed by atoms with Gasteiger partial charge in [-0.15, -0.1) is 0 Å². The maximum absolute atomic E-state index is 13.4. The van der Waals surface area contributed by atoms with Gasteiger partial charge in [-0.05, 0) is 55.2 Å². The van der Waals surface area contributed by atoms with E-state index >= 15 is 0 Å². The number of piperidine rings is 1. The van der Waals surface area contributed by atoms with E-state index < -0.39 is 34.2 Å². The monoisotopic (exact) mass is 463 g/mol. The van der Waals surface area contributed by atoms with Crippen LogP contribution in [0.3, 0.4) is 0 Å². The Kier molecular flexibility index (Phi) is 7.98. The topological polar surface area (TPSA) is 90.0 Å². The van der Waals surface area contributed by atoms with Crippen molar-refractivity contribution >= 4 is 21.8 Å². The van der Waals surface area contributed by atoms with Crippen LogP contribution in [0.5, 0.6) is 5.75 Å². The molecule has 0 bridgehead atoms. The summed E-state index contributed by atoms with van der Waals surface area (Å²) < 4.78 is 50.3. The highest BCUT2D eigenvalue weighted by atomic mass is 32.2. The van der Waals surface area contributed by atoms with Crippen LogP contribution < -0.4 is 4.74 Å². The minimum Gasteiger partial charge on any atom is -0.496 e. The number of rotatable bonds is 9. The molecular formula is C23H26FNO6S. The highest BCUT2D eigenvalue weighted by Gasteiger charge is 2.25. The van der Waals surface area contributed by atoms with Gasteiger partial charge in [0.05, 0.1) is 17.6 Å². The molecule has 0 amide bonds. The van der Waals surface area contributed by atoms with Gasteiger partial charge in [0.1, 0.15) is 11.6 Å². The summed E-state index contributed by atoms with van der Waals surface area (Å²) in [6.45, 7) is 0.554. The van der Waals surface area contributed by atoms with Crippen LogP contribution in [-0.4, -0.2) is 51.3 Å². The van der Waals surface area contributed by atoms with Gasteiger partial charge in [0, 0.05) is 19.5 Å². The van der Waals surface area contributed by atoms with Crippen LogP contribution in [0.15, 0.2) is 47.4 Å². The first kappa shape index (κ1) is 23.9. The second-order valence-electron chi connectivity index (χ2n) is 7.54. The van der Waals surface area contributed by atoms with Crippen molar-refractivity contribution in [1.29, 1.82) is 0 Å². The molecule has 1 aliphatic heterocycles. The van der Waals surface area contributed by atoms with Gasteiger partial charge in [0.15, 0.2) is 6.61 Å². The van der Waals surface area contributed by atoms with Crippen molar-refractivity contribution in [1.82, 2.24) is 4.31 Å². The third-order valence-corrected chi connectivity index (χ3v) is 7.23. The minimum atomic E-state index is -3.50. The number of methoxy groups -OCH3 is 1. The van der Waals surface area contributed by atoms with E-state index in [0.29, 0.717) is 19.5 Å². The Labute approximate surface area is 187 Å². The SMILES string of the molecule is COc1ccc(F)cc1C(=O)COC(=O)CCc1ccc(S(=O)(=O)N2CCCCC2)cc1. The molecule has 172 valence electrons. The van der Waals surface area contributed by atoms with E-state index in [1.54, 1.807) is 24.3 Å². The molecule has 9 heteroatoms. The molecular weight excluding hydrogens is 437 g/mol. The van der Waals surface area contributed by atoms with Gasteiger partial charge < -0.3 is 9.47 Å². The molecule has 0 unspecified atom stereocenters. The standard InChI is InChI=1S/C23H26FNO6S/c1-30-22-11-8-18(24)15-20(22)21(26)16-31-23(27)12-7-17-5-9-19(10-6-17)32(28,29)25-13-3-2-4-14-25/h5-6,8-11,15H,2-4,7,12-14,16H2,1H3. The fourth-order valence-corrected chi connectivity index (χ4v) is 5.04. The van der Waals surface area contributed by atoms with Gasteiger partial charge in [0.25, 0.3) is 0 Å². The van der Waals surface area contributed by atoms with E-state index in [-0.39, 0.29) is 22.6 Å². The van der Waals surface area contributed by atoms with E-state index in [1.165, 1.54) is 23.5 Å². The molecule has 0 aliphatic carbocycles. The number of nitrogens with zero attached hydrogens (tertiary/aromatic N) is 1. The number of aryl methyl sites for hydroxylation is 1. The maximum Gasteiger partial charge on any atom is 0.306 e. The van der Waals surface area contributed by atoms with Crippen LogP contribution in [0.2, 0.25) is 0 Å². The fourth-order valence-electron chi connectivity index (χ4n) is 3.52. The molecule has 7 nitrogen and oxygen atoms in total. The van der Waals surface area contributed by atoms with Gasteiger partial charge >= 0.3 is 5.97 Å². The third kappa shape index (κ3) is 5.92. The Morgan fingerprint density at radius 3 is 2.38 bits per heavy atom. The fraction of sp³-hybridized carbons (Fsp3) is 0.391. The van der Waals surface area contributed by atoms with Gasteiger partial charge in [-0.2, -0.15) is 4.31 Å². The predicted octanol–water partition coefficient (Wildman–Crippen LogP) is 3.37. The number of benzene rings is 2. The number of esters is 1. The molecule has 0 spiro atoms. The molecule has 2 aromatic rings. The van der Waals surface area contributed by atoms with E-state index in [9.17, 15) is 22.4 Å². The number of Topliss-reactive ketones (excluding diaryl/α,β-unsaturated/α-hetero) is 1. The van der Waals surface area contributed by atoms with Gasteiger partial charge in [0.2, 0.25) is 15.8 Å². The van der Waals surface area contributed by atoms with Gasteiger partial charge in [-0.3, -0.25) is 9.59 Å². The summed E-state index contributed by atoms with van der Waals surface area (Å²) in [5.41, 5.74) is 0.781. The Bertz CT molecular complexity index is 1060. The molecule has 1 fully saturated rings. The van der Waals surface area contributed by atoms with Crippen LogP contribution >= 0.6 is 0 Å². The number of carbonyl (C=O) groups excluding carboxylic acids is 2. The summed E-state index contributed by atoms with van der Waals surface area (Å²) in [4.78, 5) is 24.5. The first-order chi connectivity index (χ1) is 15.3. The zero-order valence-electron chi connectivity index (χ0n) is 17.9. The number of hydrogen-bond acceptors (Lipinski definition) is 6. The summed E-state index contributed by atoms with van der Waals surface area (Å²) in [5.74, 6) is -1.54. The Morgan fingerprint density at radius 1 is 1.03 bits per heavy atom. The van der Waals surface area contributed by atoms with E-state index in [1.807, 2.05) is 0 Å². The van der Waals surface area contributed by atoms with Crippen molar-refractivity contribution in [2.75, 3.05) is 26.8 Å². The molecule has 0 atom stereocenters. The average Bonchev–Trinajstić information content (AvgIpc) is 2.82. The Hall–Kier alpha value is -2.78. The predicted molar refractivity (Wildman–Crippen MR) is 116 cm³/mol. The first-order valence-corrected chi connectivity index (χ1v) is 11.9.